The molecule has 1 aromatic carbocycles. The average Bonchev–Trinajstić information content (AvgIpc) is 3.00. The van der Waals surface area contributed by atoms with Gasteiger partial charge in [-0.1, -0.05) is 15.9 Å². The molecular formula is C16H19BrN2O3. The van der Waals surface area contributed by atoms with Crippen LogP contribution in [0.4, 0.5) is 5.69 Å². The van der Waals surface area contributed by atoms with E-state index < -0.39 is 5.97 Å². The second-order valence-corrected chi connectivity index (χ2v) is 7.02. The van der Waals surface area contributed by atoms with Crippen molar-refractivity contribution in [2.75, 3.05) is 11.9 Å². The largest absolute Gasteiger partial charge is 0.481 e. The summed E-state index contributed by atoms with van der Waals surface area (Å²) in [6.45, 7) is 2.24. The molecule has 1 amide bonds. The topological polar surface area (TPSA) is 69.6 Å². The molecule has 0 aliphatic carbocycles. The lowest BCUT2D eigenvalue weighted by Gasteiger charge is -2.22. The first-order valence-corrected chi connectivity index (χ1v) is 8.29. The first-order valence-electron chi connectivity index (χ1n) is 7.50. The summed E-state index contributed by atoms with van der Waals surface area (Å²) < 4.78 is 1.01. The maximum Gasteiger partial charge on any atom is 0.308 e. The number of benzene rings is 1. The van der Waals surface area contributed by atoms with Gasteiger partial charge in [-0.15, -0.1) is 0 Å². The molecule has 6 heteroatoms. The van der Waals surface area contributed by atoms with Crippen LogP contribution in [0.2, 0.25) is 0 Å². The molecule has 5 nitrogen and oxygen atoms in total. The SMILES string of the molecule is Cc1cc(NC(=O)CN2C3CCC2C(C(=O)O)C3)ccc1Br. The molecule has 0 aromatic heterocycles. The number of nitrogens with one attached hydrogen (secondary N) is 1. The van der Waals surface area contributed by atoms with E-state index in [0.29, 0.717) is 6.42 Å². The Morgan fingerprint density at radius 1 is 1.41 bits per heavy atom. The first-order chi connectivity index (χ1) is 10.5. The zero-order valence-electron chi connectivity index (χ0n) is 12.4. The summed E-state index contributed by atoms with van der Waals surface area (Å²) in [5, 5.41) is 12.1. The highest BCUT2D eigenvalue weighted by Gasteiger charge is 2.49. The van der Waals surface area contributed by atoms with Gasteiger partial charge < -0.3 is 10.4 Å². The Kier molecular flexibility index (Phi) is 4.23. The number of aryl methyl sites for hydroxylation is 1. The van der Waals surface area contributed by atoms with Crippen molar-refractivity contribution in [3.63, 3.8) is 0 Å². The van der Waals surface area contributed by atoms with E-state index in [4.69, 9.17) is 0 Å². The lowest BCUT2D eigenvalue weighted by atomic mass is 9.89. The Morgan fingerprint density at radius 2 is 2.18 bits per heavy atom. The highest BCUT2D eigenvalue weighted by atomic mass is 79.9. The Balaban J connectivity index is 1.63. The highest BCUT2D eigenvalue weighted by Crippen LogP contribution is 2.41. The van der Waals surface area contributed by atoms with Crippen LogP contribution in [0.3, 0.4) is 0 Å². The van der Waals surface area contributed by atoms with E-state index in [1.54, 1.807) is 0 Å². The Hall–Kier alpha value is -1.40. The molecule has 118 valence electrons. The first kappa shape index (κ1) is 15.5. The molecule has 3 atom stereocenters. The molecule has 2 aliphatic rings. The molecule has 1 aromatic rings. The van der Waals surface area contributed by atoms with Crippen LogP contribution < -0.4 is 5.32 Å². The molecule has 3 unspecified atom stereocenters. The van der Waals surface area contributed by atoms with Crippen LogP contribution in [-0.2, 0) is 9.59 Å². The number of carboxylic acids is 1. The second kappa shape index (κ2) is 6.01. The van der Waals surface area contributed by atoms with E-state index >= 15 is 0 Å². The summed E-state index contributed by atoms with van der Waals surface area (Å²) in [5.74, 6) is -1.13. The van der Waals surface area contributed by atoms with E-state index in [0.717, 1.165) is 28.6 Å². The van der Waals surface area contributed by atoms with Gasteiger partial charge in [-0.2, -0.15) is 0 Å². The number of fused-ring (bicyclic) bond motifs is 2. The number of hydrogen-bond acceptors (Lipinski definition) is 3. The summed E-state index contributed by atoms with van der Waals surface area (Å²) in [6.07, 6.45) is 2.55. The number of carbonyl (C=O) groups excluding carboxylic acids is 1. The predicted molar refractivity (Wildman–Crippen MR) is 86.8 cm³/mol. The molecule has 2 fully saturated rings. The van der Waals surface area contributed by atoms with Gasteiger partial charge >= 0.3 is 5.97 Å². The standard InChI is InChI=1S/C16H19BrN2O3/c1-9-6-10(2-4-13(9)17)18-15(20)8-19-11-3-5-14(19)12(7-11)16(21)22/h2,4,6,11-12,14H,3,5,7-8H2,1H3,(H,18,20)(H,21,22). The number of anilines is 1. The maximum atomic E-state index is 12.2. The third kappa shape index (κ3) is 2.90. The van der Waals surface area contributed by atoms with Crippen LogP contribution in [0.15, 0.2) is 22.7 Å². The minimum Gasteiger partial charge on any atom is -0.481 e. The smallest absolute Gasteiger partial charge is 0.308 e. The average molecular weight is 367 g/mol. The molecule has 2 saturated heterocycles. The van der Waals surface area contributed by atoms with Gasteiger partial charge in [0.2, 0.25) is 5.91 Å². The van der Waals surface area contributed by atoms with Gasteiger partial charge in [0.1, 0.15) is 0 Å². The quantitative estimate of drug-likeness (QED) is 0.859. The van der Waals surface area contributed by atoms with Gasteiger partial charge in [-0.05, 0) is 49.9 Å². The van der Waals surface area contributed by atoms with Gasteiger partial charge in [0.15, 0.2) is 0 Å². The van der Waals surface area contributed by atoms with Crippen LogP contribution >= 0.6 is 15.9 Å². The van der Waals surface area contributed by atoms with E-state index in [2.05, 4.69) is 26.1 Å². The number of amides is 1. The highest BCUT2D eigenvalue weighted by molar-refractivity contribution is 9.10. The van der Waals surface area contributed by atoms with Gasteiger partial charge in [0.25, 0.3) is 0 Å². The van der Waals surface area contributed by atoms with E-state index in [1.165, 1.54) is 0 Å². The molecule has 3 rings (SSSR count). The number of carbonyl (C=O) groups is 2. The fourth-order valence-corrected chi connectivity index (χ4v) is 3.95. The fourth-order valence-electron chi connectivity index (χ4n) is 3.70. The van der Waals surface area contributed by atoms with Gasteiger partial charge in [-0.25, -0.2) is 0 Å². The molecule has 2 heterocycles. The van der Waals surface area contributed by atoms with Gasteiger partial charge in [0.05, 0.1) is 12.5 Å². The number of nitrogens with zero attached hydrogens (tertiary/aromatic N) is 1. The van der Waals surface area contributed by atoms with Gasteiger partial charge in [0, 0.05) is 22.2 Å². The van der Waals surface area contributed by atoms with Crippen molar-refractivity contribution < 1.29 is 14.7 Å². The molecule has 0 radical (unpaired) electrons. The van der Waals surface area contributed by atoms with Crippen molar-refractivity contribution in [3.8, 4) is 0 Å². The third-order valence-corrected chi connectivity index (χ3v) is 5.66. The predicted octanol–water partition coefficient (Wildman–Crippen LogP) is 2.63. The normalized spacial score (nSPS) is 27.1. The van der Waals surface area contributed by atoms with Crippen molar-refractivity contribution in [2.24, 2.45) is 5.92 Å². The third-order valence-electron chi connectivity index (χ3n) is 4.77. The molecular weight excluding hydrogens is 348 g/mol. The van der Waals surface area contributed by atoms with Crippen molar-refractivity contribution in [3.05, 3.63) is 28.2 Å². The lowest BCUT2D eigenvalue weighted by molar-refractivity contribution is -0.142. The number of carboxylic acid groups (broad SMARTS) is 1. The molecule has 2 bridgehead atoms. The zero-order chi connectivity index (χ0) is 15.9. The van der Waals surface area contributed by atoms with E-state index in [1.807, 2.05) is 25.1 Å². The summed E-state index contributed by atoms with van der Waals surface area (Å²) in [5.41, 5.74) is 1.83. The molecule has 2 aliphatic heterocycles. The number of aliphatic carboxylic acids is 1. The number of halogens is 1. The van der Waals surface area contributed by atoms with Crippen molar-refractivity contribution >= 4 is 33.5 Å². The Labute approximate surface area is 137 Å². The van der Waals surface area contributed by atoms with Crippen LogP contribution in [-0.4, -0.2) is 40.5 Å². The van der Waals surface area contributed by atoms with Crippen molar-refractivity contribution in [2.45, 2.75) is 38.3 Å². The number of rotatable bonds is 4. The summed E-state index contributed by atoms with van der Waals surface area (Å²) in [6, 6.07) is 5.93. The maximum absolute atomic E-state index is 12.2. The minimum absolute atomic E-state index is 0.0138. The van der Waals surface area contributed by atoms with Crippen molar-refractivity contribution in [1.82, 2.24) is 4.90 Å². The monoisotopic (exact) mass is 366 g/mol. The van der Waals surface area contributed by atoms with Crippen molar-refractivity contribution in [1.29, 1.82) is 0 Å². The summed E-state index contributed by atoms with van der Waals surface area (Å²) in [4.78, 5) is 25.6. The zero-order valence-corrected chi connectivity index (χ0v) is 14.0. The van der Waals surface area contributed by atoms with E-state index in [-0.39, 0.29) is 30.5 Å². The summed E-state index contributed by atoms with van der Waals surface area (Å²) in [7, 11) is 0. The van der Waals surface area contributed by atoms with Crippen LogP contribution in [0.1, 0.15) is 24.8 Å². The molecule has 0 spiro atoms. The van der Waals surface area contributed by atoms with Crippen LogP contribution in [0, 0.1) is 12.8 Å². The van der Waals surface area contributed by atoms with Crippen LogP contribution in [0.5, 0.6) is 0 Å². The molecule has 2 N–H and O–H groups in total. The Morgan fingerprint density at radius 3 is 2.82 bits per heavy atom. The minimum atomic E-state index is -0.735. The molecule has 22 heavy (non-hydrogen) atoms. The summed E-state index contributed by atoms with van der Waals surface area (Å²) >= 11 is 3.43. The number of hydrogen-bond donors (Lipinski definition) is 2. The molecule has 0 saturated carbocycles. The Bertz CT molecular complexity index is 619. The van der Waals surface area contributed by atoms with E-state index in [9.17, 15) is 14.7 Å². The second-order valence-electron chi connectivity index (χ2n) is 6.16. The van der Waals surface area contributed by atoms with Crippen LogP contribution in [0.25, 0.3) is 0 Å². The fraction of sp³-hybridized carbons (Fsp3) is 0.500. The lowest BCUT2D eigenvalue weighted by Crippen LogP contribution is -2.38. The van der Waals surface area contributed by atoms with Gasteiger partial charge in [-0.3, -0.25) is 14.5 Å².